The summed E-state index contributed by atoms with van der Waals surface area (Å²) in [7, 11) is 3.04. The first kappa shape index (κ1) is 16.6. The van der Waals surface area contributed by atoms with Crippen LogP contribution in [-0.2, 0) is 6.18 Å². The van der Waals surface area contributed by atoms with E-state index in [4.69, 9.17) is 11.6 Å². The van der Waals surface area contributed by atoms with Crippen molar-refractivity contribution >= 4 is 29.4 Å². The van der Waals surface area contributed by atoms with Crippen LogP contribution in [0.2, 0.25) is 5.02 Å². The average Bonchev–Trinajstić information content (AvgIpc) is 2.78. The molecule has 0 aliphatic rings. The number of rotatable bonds is 2. The number of nitrogens with zero attached hydrogens (tertiary/aromatic N) is 4. The molecule has 0 aliphatic carbocycles. The molecule has 2 aromatic heterocycles. The van der Waals surface area contributed by atoms with E-state index in [9.17, 15) is 18.0 Å². The van der Waals surface area contributed by atoms with Crippen molar-refractivity contribution in [2.24, 2.45) is 0 Å². The third kappa shape index (κ3) is 3.53. The third-order valence-corrected chi connectivity index (χ3v) is 3.89. The Labute approximate surface area is 133 Å². The molecule has 0 spiro atoms. The van der Waals surface area contributed by atoms with E-state index >= 15 is 0 Å². The van der Waals surface area contributed by atoms with E-state index in [2.05, 4.69) is 10.1 Å². The highest BCUT2D eigenvalue weighted by Crippen LogP contribution is 2.39. The van der Waals surface area contributed by atoms with Gasteiger partial charge in [-0.1, -0.05) is 11.6 Å². The molecule has 2 aromatic rings. The molecular weight excluding hydrogens is 341 g/mol. The Balaban J connectivity index is 2.35. The Morgan fingerprint density at radius 1 is 1.36 bits per heavy atom. The highest BCUT2D eigenvalue weighted by Gasteiger charge is 2.34. The highest BCUT2D eigenvalue weighted by atomic mass is 35.5. The van der Waals surface area contributed by atoms with Gasteiger partial charge in [-0.25, -0.2) is 9.78 Å². The van der Waals surface area contributed by atoms with Gasteiger partial charge in [0.05, 0.1) is 16.8 Å². The predicted octanol–water partition coefficient (Wildman–Crippen LogP) is 3.63. The lowest BCUT2D eigenvalue weighted by Crippen LogP contribution is -2.27. The summed E-state index contributed by atoms with van der Waals surface area (Å²) in [5.41, 5.74) is -0.885. The van der Waals surface area contributed by atoms with Gasteiger partial charge in [-0.05, 0) is 23.9 Å². The SMILES string of the molecule is CN(C)C(=O)n1cc(Cl)c(Sc2ncccc2C(F)(F)F)n1. The zero-order valence-corrected chi connectivity index (χ0v) is 13.0. The smallest absolute Gasteiger partial charge is 0.329 e. The van der Waals surface area contributed by atoms with E-state index < -0.39 is 17.8 Å². The molecule has 0 radical (unpaired) electrons. The molecule has 22 heavy (non-hydrogen) atoms. The lowest BCUT2D eigenvalue weighted by Gasteiger charge is -2.10. The molecule has 0 aliphatic heterocycles. The largest absolute Gasteiger partial charge is 0.419 e. The number of carbonyl (C=O) groups excluding carboxylic acids is 1. The van der Waals surface area contributed by atoms with Crippen LogP contribution in [-0.4, -0.2) is 39.8 Å². The predicted molar refractivity (Wildman–Crippen MR) is 75.1 cm³/mol. The molecule has 0 unspecified atom stereocenters. The molecule has 0 aromatic carbocycles. The molecule has 0 fully saturated rings. The van der Waals surface area contributed by atoms with Crippen LogP contribution >= 0.6 is 23.4 Å². The summed E-state index contributed by atoms with van der Waals surface area (Å²) in [4.78, 5) is 16.7. The Morgan fingerprint density at radius 2 is 2.05 bits per heavy atom. The van der Waals surface area contributed by atoms with E-state index in [-0.39, 0.29) is 15.1 Å². The Kier molecular flexibility index (Phi) is 4.66. The summed E-state index contributed by atoms with van der Waals surface area (Å²) >= 11 is 6.58. The van der Waals surface area contributed by atoms with Crippen molar-refractivity contribution in [2.75, 3.05) is 14.1 Å². The molecule has 2 rings (SSSR count). The monoisotopic (exact) mass is 350 g/mol. The minimum absolute atomic E-state index is 0.0685. The quantitative estimate of drug-likeness (QED) is 0.830. The summed E-state index contributed by atoms with van der Waals surface area (Å²) in [6.07, 6.45) is -2.05. The van der Waals surface area contributed by atoms with Crippen molar-refractivity contribution in [3.05, 3.63) is 35.1 Å². The summed E-state index contributed by atoms with van der Waals surface area (Å²) in [5.74, 6) is 0. The van der Waals surface area contributed by atoms with E-state index in [0.29, 0.717) is 11.8 Å². The van der Waals surface area contributed by atoms with Crippen LogP contribution in [0, 0.1) is 0 Å². The number of alkyl halides is 3. The zero-order valence-electron chi connectivity index (χ0n) is 11.4. The number of hydrogen-bond acceptors (Lipinski definition) is 4. The molecule has 0 saturated heterocycles. The van der Waals surface area contributed by atoms with Crippen LogP contribution in [0.4, 0.5) is 18.0 Å². The minimum Gasteiger partial charge on any atom is -0.329 e. The topological polar surface area (TPSA) is 51.0 Å². The molecule has 0 N–H and O–H groups in total. The molecule has 1 amide bonds. The lowest BCUT2D eigenvalue weighted by atomic mass is 10.3. The second-order valence-corrected chi connectivity index (χ2v) is 5.74. The van der Waals surface area contributed by atoms with Crippen molar-refractivity contribution in [3.63, 3.8) is 0 Å². The number of pyridine rings is 1. The van der Waals surface area contributed by atoms with Gasteiger partial charge in [0.2, 0.25) is 0 Å². The second kappa shape index (κ2) is 6.17. The van der Waals surface area contributed by atoms with Crippen molar-refractivity contribution in [1.29, 1.82) is 0 Å². The number of amides is 1. The average molecular weight is 351 g/mol. The fraction of sp³-hybridized carbons (Fsp3) is 0.250. The summed E-state index contributed by atoms with van der Waals surface area (Å²) in [6, 6.07) is 1.65. The van der Waals surface area contributed by atoms with Crippen LogP contribution in [0.25, 0.3) is 0 Å². The fourth-order valence-electron chi connectivity index (χ4n) is 1.49. The maximum atomic E-state index is 12.9. The Morgan fingerprint density at radius 3 is 2.64 bits per heavy atom. The minimum atomic E-state index is -4.54. The summed E-state index contributed by atoms with van der Waals surface area (Å²) in [5, 5.41) is 3.76. The van der Waals surface area contributed by atoms with Gasteiger partial charge >= 0.3 is 12.2 Å². The molecule has 0 atom stereocenters. The van der Waals surface area contributed by atoms with Crippen molar-refractivity contribution in [2.45, 2.75) is 16.2 Å². The van der Waals surface area contributed by atoms with Crippen LogP contribution < -0.4 is 0 Å². The Hall–Kier alpha value is -1.74. The summed E-state index contributed by atoms with van der Waals surface area (Å²) < 4.78 is 39.7. The maximum absolute atomic E-state index is 12.9. The van der Waals surface area contributed by atoms with Gasteiger partial charge in [0, 0.05) is 20.3 Å². The van der Waals surface area contributed by atoms with Gasteiger partial charge in [-0.15, -0.1) is 0 Å². The van der Waals surface area contributed by atoms with E-state index in [1.54, 1.807) is 0 Å². The zero-order chi connectivity index (χ0) is 16.5. The lowest BCUT2D eigenvalue weighted by molar-refractivity contribution is -0.140. The standard InChI is InChI=1S/C12H10ClF3N4OS/c1-19(2)11(21)20-6-8(13)10(18-20)22-9-7(12(14,15)16)4-3-5-17-9/h3-6H,1-2H3. The van der Waals surface area contributed by atoms with Gasteiger partial charge in [-0.3, -0.25) is 0 Å². The molecule has 118 valence electrons. The van der Waals surface area contributed by atoms with Gasteiger partial charge in [0.25, 0.3) is 0 Å². The normalized spacial score (nSPS) is 11.5. The first-order valence-electron chi connectivity index (χ1n) is 5.87. The van der Waals surface area contributed by atoms with Crippen LogP contribution in [0.1, 0.15) is 5.56 Å². The number of hydrogen-bond donors (Lipinski definition) is 0. The van der Waals surface area contributed by atoms with E-state index in [1.165, 1.54) is 37.5 Å². The van der Waals surface area contributed by atoms with Crippen LogP contribution in [0.5, 0.6) is 0 Å². The van der Waals surface area contributed by atoms with Crippen LogP contribution in [0.3, 0.4) is 0 Å². The number of carbonyl (C=O) groups is 1. The first-order chi connectivity index (χ1) is 10.2. The molecular formula is C12H10ClF3N4OS. The van der Waals surface area contributed by atoms with Gasteiger partial charge < -0.3 is 4.90 Å². The molecule has 5 nitrogen and oxygen atoms in total. The van der Waals surface area contributed by atoms with Crippen molar-refractivity contribution < 1.29 is 18.0 Å². The van der Waals surface area contributed by atoms with Crippen molar-refractivity contribution in [3.8, 4) is 0 Å². The molecule has 2 heterocycles. The fourth-order valence-corrected chi connectivity index (χ4v) is 2.60. The van der Waals surface area contributed by atoms with Gasteiger partial charge in [0.1, 0.15) is 10.1 Å². The summed E-state index contributed by atoms with van der Waals surface area (Å²) in [6.45, 7) is 0. The van der Waals surface area contributed by atoms with Gasteiger partial charge in [-0.2, -0.15) is 23.0 Å². The number of aromatic nitrogens is 3. The van der Waals surface area contributed by atoms with E-state index in [1.807, 2.05) is 0 Å². The van der Waals surface area contributed by atoms with Gasteiger partial charge in [0.15, 0.2) is 0 Å². The van der Waals surface area contributed by atoms with E-state index in [0.717, 1.165) is 10.7 Å². The van der Waals surface area contributed by atoms with Crippen molar-refractivity contribution in [1.82, 2.24) is 19.7 Å². The number of halogens is 4. The second-order valence-electron chi connectivity index (χ2n) is 4.36. The molecule has 0 bridgehead atoms. The molecule has 0 saturated carbocycles. The molecule has 10 heteroatoms. The Bertz CT molecular complexity index is 702. The first-order valence-corrected chi connectivity index (χ1v) is 7.06. The highest BCUT2D eigenvalue weighted by molar-refractivity contribution is 7.99. The maximum Gasteiger partial charge on any atom is 0.419 e. The third-order valence-electron chi connectivity index (χ3n) is 2.49. The van der Waals surface area contributed by atoms with Crippen LogP contribution in [0.15, 0.2) is 34.6 Å².